The summed E-state index contributed by atoms with van der Waals surface area (Å²) in [5.41, 5.74) is 7.66. The number of thiazole rings is 1. The van der Waals surface area contributed by atoms with Crippen LogP contribution in [0.5, 0.6) is 0 Å². The van der Waals surface area contributed by atoms with Crippen molar-refractivity contribution >= 4 is 36.2 Å². The van der Waals surface area contributed by atoms with E-state index in [1.807, 2.05) is 12.1 Å². The minimum absolute atomic E-state index is 0. The molecule has 0 saturated carbocycles. The van der Waals surface area contributed by atoms with Gasteiger partial charge in [-0.05, 0) is 18.7 Å². The molecule has 16 heavy (non-hydrogen) atoms. The molecule has 2 rings (SSSR count). The lowest BCUT2D eigenvalue weighted by atomic mass is 10.3. The van der Waals surface area contributed by atoms with Gasteiger partial charge in [0, 0.05) is 29.8 Å². The van der Waals surface area contributed by atoms with Crippen molar-refractivity contribution < 1.29 is 0 Å². The lowest BCUT2D eigenvalue weighted by molar-refractivity contribution is 0.936. The molecule has 2 N–H and O–H groups in total. The maximum absolute atomic E-state index is 5.46. The van der Waals surface area contributed by atoms with Crippen molar-refractivity contribution in [2.24, 2.45) is 5.73 Å². The Morgan fingerprint density at radius 3 is 2.50 bits per heavy atom. The molecule has 0 spiro atoms. The molecular formula is C10H13Cl2N3S. The molecule has 0 saturated heterocycles. The summed E-state index contributed by atoms with van der Waals surface area (Å²) in [6.07, 6.45) is 4.40. The molecule has 0 bridgehead atoms. The molecule has 0 amide bonds. The van der Waals surface area contributed by atoms with Crippen LogP contribution in [0.1, 0.15) is 5.69 Å². The topological polar surface area (TPSA) is 51.8 Å². The Bertz CT molecular complexity index is 405. The molecule has 2 aromatic rings. The predicted molar refractivity (Wildman–Crippen MR) is 72.6 cm³/mol. The number of nitrogens with two attached hydrogens (primary N) is 1. The Balaban J connectivity index is 0.00000112. The van der Waals surface area contributed by atoms with E-state index in [-0.39, 0.29) is 24.8 Å². The summed E-state index contributed by atoms with van der Waals surface area (Å²) in [6.45, 7) is 0.652. The number of hydrogen-bond acceptors (Lipinski definition) is 4. The number of rotatable bonds is 3. The first-order valence-electron chi connectivity index (χ1n) is 4.45. The zero-order valence-corrected chi connectivity index (χ0v) is 10.9. The van der Waals surface area contributed by atoms with E-state index in [2.05, 4.69) is 15.3 Å². The van der Waals surface area contributed by atoms with Crippen LogP contribution in [0, 0.1) is 0 Å². The molecule has 0 atom stereocenters. The fourth-order valence-electron chi connectivity index (χ4n) is 1.20. The van der Waals surface area contributed by atoms with E-state index in [1.165, 1.54) is 0 Å². The third-order valence-electron chi connectivity index (χ3n) is 1.88. The summed E-state index contributed by atoms with van der Waals surface area (Å²) >= 11 is 1.65. The first kappa shape index (κ1) is 15.3. The molecule has 2 heterocycles. The highest BCUT2D eigenvalue weighted by molar-refractivity contribution is 7.13. The molecule has 0 unspecified atom stereocenters. The minimum Gasteiger partial charge on any atom is -0.330 e. The van der Waals surface area contributed by atoms with Crippen LogP contribution in [0.15, 0.2) is 29.9 Å². The molecule has 0 radical (unpaired) electrons. The molecule has 0 aliphatic heterocycles. The Morgan fingerprint density at radius 1 is 1.19 bits per heavy atom. The summed E-state index contributed by atoms with van der Waals surface area (Å²) in [7, 11) is 0. The predicted octanol–water partition coefficient (Wildman–Crippen LogP) is 2.55. The third kappa shape index (κ3) is 3.72. The van der Waals surface area contributed by atoms with Crippen molar-refractivity contribution in [2.75, 3.05) is 6.54 Å². The standard InChI is InChI=1S/C10H11N3S.2ClH/c11-4-1-9-7-14-10(13-9)8-2-5-12-6-3-8;;/h2-3,5-7H,1,4,11H2;2*1H. The highest BCUT2D eigenvalue weighted by Gasteiger charge is 2.02. The second kappa shape index (κ2) is 7.57. The molecule has 0 aliphatic rings. The minimum atomic E-state index is 0. The van der Waals surface area contributed by atoms with Gasteiger partial charge in [-0.3, -0.25) is 4.98 Å². The third-order valence-corrected chi connectivity index (χ3v) is 2.82. The molecule has 6 heteroatoms. The van der Waals surface area contributed by atoms with Gasteiger partial charge in [-0.2, -0.15) is 0 Å². The Morgan fingerprint density at radius 2 is 1.88 bits per heavy atom. The van der Waals surface area contributed by atoms with Crippen molar-refractivity contribution in [1.82, 2.24) is 9.97 Å². The van der Waals surface area contributed by atoms with Gasteiger partial charge < -0.3 is 5.73 Å². The molecule has 3 nitrogen and oxygen atoms in total. The van der Waals surface area contributed by atoms with E-state index < -0.39 is 0 Å². The van der Waals surface area contributed by atoms with E-state index in [4.69, 9.17) is 5.73 Å². The average Bonchev–Trinajstić information content (AvgIpc) is 2.68. The number of hydrogen-bond donors (Lipinski definition) is 1. The van der Waals surface area contributed by atoms with Gasteiger partial charge in [-0.15, -0.1) is 36.2 Å². The van der Waals surface area contributed by atoms with Gasteiger partial charge in [-0.25, -0.2) is 4.98 Å². The Labute approximate surface area is 111 Å². The Hall–Kier alpha value is -0.680. The van der Waals surface area contributed by atoms with Gasteiger partial charge >= 0.3 is 0 Å². The van der Waals surface area contributed by atoms with Crippen LogP contribution in [-0.4, -0.2) is 16.5 Å². The molecule has 88 valence electrons. The highest BCUT2D eigenvalue weighted by atomic mass is 35.5. The molecular weight excluding hydrogens is 265 g/mol. The molecule has 0 aromatic carbocycles. The van der Waals surface area contributed by atoms with Crippen molar-refractivity contribution in [2.45, 2.75) is 6.42 Å². The first-order valence-corrected chi connectivity index (χ1v) is 5.33. The SMILES string of the molecule is Cl.Cl.NCCc1csc(-c2ccncc2)n1. The number of nitrogens with zero attached hydrogens (tertiary/aromatic N) is 2. The van der Waals surface area contributed by atoms with Crippen LogP contribution in [-0.2, 0) is 6.42 Å². The smallest absolute Gasteiger partial charge is 0.123 e. The summed E-state index contributed by atoms with van der Waals surface area (Å²) in [4.78, 5) is 8.45. The van der Waals surface area contributed by atoms with E-state index in [9.17, 15) is 0 Å². The Kier molecular flexibility index (Phi) is 7.25. The highest BCUT2D eigenvalue weighted by Crippen LogP contribution is 2.22. The van der Waals surface area contributed by atoms with Crippen molar-refractivity contribution in [3.05, 3.63) is 35.6 Å². The van der Waals surface area contributed by atoms with Gasteiger partial charge in [-0.1, -0.05) is 0 Å². The number of aromatic nitrogens is 2. The fraction of sp³-hybridized carbons (Fsp3) is 0.200. The van der Waals surface area contributed by atoms with Crippen LogP contribution < -0.4 is 5.73 Å². The summed E-state index contributed by atoms with van der Waals surface area (Å²) in [5, 5.41) is 3.10. The lowest BCUT2D eigenvalue weighted by Gasteiger charge is -1.93. The summed E-state index contributed by atoms with van der Waals surface area (Å²) in [6, 6.07) is 3.93. The maximum atomic E-state index is 5.46. The van der Waals surface area contributed by atoms with Crippen LogP contribution in [0.2, 0.25) is 0 Å². The number of halogens is 2. The van der Waals surface area contributed by atoms with Crippen LogP contribution >= 0.6 is 36.2 Å². The maximum Gasteiger partial charge on any atom is 0.123 e. The molecule has 0 aliphatic carbocycles. The fourth-order valence-corrected chi connectivity index (χ4v) is 2.06. The largest absolute Gasteiger partial charge is 0.330 e. The van der Waals surface area contributed by atoms with E-state index in [0.29, 0.717) is 6.54 Å². The van der Waals surface area contributed by atoms with Crippen molar-refractivity contribution in [3.8, 4) is 10.6 Å². The average molecular weight is 278 g/mol. The van der Waals surface area contributed by atoms with E-state index >= 15 is 0 Å². The van der Waals surface area contributed by atoms with Crippen molar-refractivity contribution in [1.29, 1.82) is 0 Å². The molecule has 2 aromatic heterocycles. The normalized spacial score (nSPS) is 9.06. The monoisotopic (exact) mass is 277 g/mol. The quantitative estimate of drug-likeness (QED) is 0.938. The second-order valence-electron chi connectivity index (χ2n) is 2.92. The number of pyridine rings is 1. The summed E-state index contributed by atoms with van der Waals surface area (Å²) < 4.78 is 0. The second-order valence-corrected chi connectivity index (χ2v) is 3.78. The van der Waals surface area contributed by atoms with Gasteiger partial charge in [0.05, 0.1) is 5.69 Å². The first-order chi connectivity index (χ1) is 6.90. The van der Waals surface area contributed by atoms with E-state index in [0.717, 1.165) is 22.7 Å². The van der Waals surface area contributed by atoms with Gasteiger partial charge in [0.1, 0.15) is 5.01 Å². The van der Waals surface area contributed by atoms with Gasteiger partial charge in [0.2, 0.25) is 0 Å². The zero-order valence-electron chi connectivity index (χ0n) is 8.50. The lowest BCUT2D eigenvalue weighted by Crippen LogP contribution is -2.02. The summed E-state index contributed by atoms with van der Waals surface area (Å²) in [5.74, 6) is 0. The van der Waals surface area contributed by atoms with Crippen LogP contribution in [0.4, 0.5) is 0 Å². The van der Waals surface area contributed by atoms with E-state index in [1.54, 1.807) is 23.7 Å². The van der Waals surface area contributed by atoms with Crippen LogP contribution in [0.25, 0.3) is 10.6 Å². The van der Waals surface area contributed by atoms with Crippen LogP contribution in [0.3, 0.4) is 0 Å². The molecule has 0 fully saturated rings. The van der Waals surface area contributed by atoms with Gasteiger partial charge in [0.25, 0.3) is 0 Å². The van der Waals surface area contributed by atoms with Crippen molar-refractivity contribution in [3.63, 3.8) is 0 Å². The van der Waals surface area contributed by atoms with Gasteiger partial charge in [0.15, 0.2) is 0 Å². The zero-order chi connectivity index (χ0) is 9.80.